The molecule has 1 aliphatic rings. The van der Waals surface area contributed by atoms with Gasteiger partial charge in [-0.15, -0.1) is 0 Å². The van der Waals surface area contributed by atoms with E-state index in [4.69, 9.17) is 9.84 Å². The van der Waals surface area contributed by atoms with Crippen LogP contribution >= 0.6 is 0 Å². The lowest BCUT2D eigenvalue weighted by Gasteiger charge is -2.27. The Hall–Kier alpha value is -1.90. The van der Waals surface area contributed by atoms with Crippen LogP contribution in [0.4, 0.5) is 0 Å². The summed E-state index contributed by atoms with van der Waals surface area (Å²) in [6.45, 7) is 4.75. The molecule has 8 heteroatoms. The summed E-state index contributed by atoms with van der Waals surface area (Å²) in [5.41, 5.74) is 0.233. The number of carbonyl (C=O) groups is 1. The molecule has 0 aliphatic carbocycles. The van der Waals surface area contributed by atoms with E-state index in [-0.39, 0.29) is 12.3 Å². The summed E-state index contributed by atoms with van der Waals surface area (Å²) in [6, 6.07) is 1.37. The van der Waals surface area contributed by atoms with Gasteiger partial charge >= 0.3 is 5.97 Å². The average molecular weight is 325 g/mol. The van der Waals surface area contributed by atoms with Gasteiger partial charge in [0.1, 0.15) is 0 Å². The molecule has 2 rings (SSSR count). The fraction of sp³-hybridized carbons (Fsp3) is 0.600. The maximum atomic E-state index is 11.7. The minimum atomic E-state index is -0.923. The van der Waals surface area contributed by atoms with Crippen LogP contribution in [0.2, 0.25) is 0 Å². The van der Waals surface area contributed by atoms with Crippen molar-refractivity contribution in [3.8, 4) is 5.75 Å². The zero-order valence-electron chi connectivity index (χ0n) is 13.3. The Morgan fingerprint density at radius 1 is 1.35 bits per heavy atom. The van der Waals surface area contributed by atoms with Crippen LogP contribution < -0.4 is 5.43 Å². The second-order valence-corrected chi connectivity index (χ2v) is 5.73. The molecule has 0 aromatic carbocycles. The number of likely N-dealkylation sites (N-methyl/N-ethyl adjacent to an activating group) is 1. The van der Waals surface area contributed by atoms with Crippen LogP contribution in [0.1, 0.15) is 5.69 Å². The quantitative estimate of drug-likeness (QED) is 0.691. The fourth-order valence-corrected chi connectivity index (χ4v) is 2.58. The van der Waals surface area contributed by atoms with E-state index in [1.54, 1.807) is 11.9 Å². The minimum Gasteiger partial charge on any atom is -0.503 e. The first-order chi connectivity index (χ1) is 11.0. The topological polar surface area (TPSA) is 95.2 Å². The lowest BCUT2D eigenvalue weighted by Crippen LogP contribution is -2.38. The van der Waals surface area contributed by atoms with E-state index in [1.807, 2.05) is 4.57 Å². The van der Waals surface area contributed by atoms with Crippen molar-refractivity contribution in [1.82, 2.24) is 14.4 Å². The number of rotatable bonds is 7. The largest absolute Gasteiger partial charge is 0.503 e. The molecule has 23 heavy (non-hydrogen) atoms. The van der Waals surface area contributed by atoms with Crippen LogP contribution in [0.5, 0.6) is 5.75 Å². The molecule has 8 nitrogen and oxygen atoms in total. The number of morpholine rings is 1. The molecule has 0 saturated carbocycles. The van der Waals surface area contributed by atoms with Gasteiger partial charge in [0.05, 0.1) is 26.0 Å². The second-order valence-electron chi connectivity index (χ2n) is 5.73. The van der Waals surface area contributed by atoms with Gasteiger partial charge < -0.3 is 19.5 Å². The average Bonchev–Trinajstić information content (AvgIpc) is 2.49. The molecule has 0 bridgehead atoms. The Morgan fingerprint density at radius 3 is 2.70 bits per heavy atom. The predicted octanol–water partition coefficient (Wildman–Crippen LogP) is -0.597. The van der Waals surface area contributed by atoms with E-state index >= 15 is 0 Å². The summed E-state index contributed by atoms with van der Waals surface area (Å²) < 4.78 is 7.12. The van der Waals surface area contributed by atoms with Crippen molar-refractivity contribution >= 4 is 5.97 Å². The number of aromatic nitrogens is 1. The predicted molar refractivity (Wildman–Crippen MR) is 83.6 cm³/mol. The van der Waals surface area contributed by atoms with Crippen molar-refractivity contribution in [3.63, 3.8) is 0 Å². The molecule has 1 aliphatic heterocycles. The van der Waals surface area contributed by atoms with Crippen LogP contribution in [-0.4, -0.2) is 77.0 Å². The Labute approximate surface area is 134 Å². The highest BCUT2D eigenvalue weighted by atomic mass is 16.5. The molecular weight excluding hydrogens is 302 g/mol. The van der Waals surface area contributed by atoms with E-state index < -0.39 is 11.4 Å². The highest BCUT2D eigenvalue weighted by molar-refractivity contribution is 5.69. The molecule has 0 atom stereocenters. The number of aliphatic carboxylic acids is 1. The number of hydrogen-bond donors (Lipinski definition) is 2. The molecule has 1 aromatic rings. The Bertz CT molecular complexity index is 595. The van der Waals surface area contributed by atoms with Gasteiger partial charge in [-0.2, -0.15) is 0 Å². The number of nitrogens with zero attached hydrogens (tertiary/aromatic N) is 3. The van der Waals surface area contributed by atoms with Crippen LogP contribution in [0, 0.1) is 0 Å². The standard InChI is InChI=1S/C15H23N3O5/c1-16(11-15(21)22)9-12-8-13(19)14(20)10-18(12)3-2-17-4-6-23-7-5-17/h8,10,20H,2-7,9,11H2,1H3,(H,21,22). The van der Waals surface area contributed by atoms with Gasteiger partial charge in [-0.1, -0.05) is 0 Å². The van der Waals surface area contributed by atoms with Crippen molar-refractivity contribution in [2.45, 2.75) is 13.1 Å². The Kier molecular flexibility index (Phi) is 6.14. The first kappa shape index (κ1) is 17.5. The third-order valence-electron chi connectivity index (χ3n) is 3.80. The lowest BCUT2D eigenvalue weighted by atomic mass is 10.3. The highest BCUT2D eigenvalue weighted by Gasteiger charge is 2.13. The SMILES string of the molecule is CN(CC(=O)O)Cc1cc(=O)c(O)cn1CCN1CCOCC1. The van der Waals surface area contributed by atoms with Crippen LogP contribution in [-0.2, 0) is 22.6 Å². The minimum absolute atomic E-state index is 0.113. The zero-order valence-corrected chi connectivity index (χ0v) is 13.3. The zero-order chi connectivity index (χ0) is 16.8. The van der Waals surface area contributed by atoms with Gasteiger partial charge in [0.15, 0.2) is 5.75 Å². The third-order valence-corrected chi connectivity index (χ3v) is 3.80. The van der Waals surface area contributed by atoms with Gasteiger partial charge in [-0.05, 0) is 7.05 Å². The van der Waals surface area contributed by atoms with Crippen molar-refractivity contribution in [1.29, 1.82) is 0 Å². The summed E-state index contributed by atoms with van der Waals surface area (Å²) >= 11 is 0. The molecule has 2 heterocycles. The molecular formula is C15H23N3O5. The summed E-state index contributed by atoms with van der Waals surface area (Å²) in [4.78, 5) is 26.3. The molecule has 0 radical (unpaired) electrons. The molecule has 0 unspecified atom stereocenters. The smallest absolute Gasteiger partial charge is 0.317 e. The van der Waals surface area contributed by atoms with Crippen LogP contribution in [0.25, 0.3) is 0 Å². The summed E-state index contributed by atoms with van der Waals surface area (Å²) in [7, 11) is 1.68. The summed E-state index contributed by atoms with van der Waals surface area (Å²) in [5, 5.41) is 18.5. The lowest BCUT2D eigenvalue weighted by molar-refractivity contribution is -0.138. The monoisotopic (exact) mass is 325 g/mol. The Morgan fingerprint density at radius 2 is 2.04 bits per heavy atom. The molecule has 1 fully saturated rings. The molecule has 0 spiro atoms. The normalized spacial score (nSPS) is 15.9. The van der Waals surface area contributed by atoms with Gasteiger partial charge in [0.2, 0.25) is 5.43 Å². The molecule has 2 N–H and O–H groups in total. The summed E-state index contributed by atoms with van der Waals surface area (Å²) in [5.74, 6) is -1.22. The number of carboxylic acids is 1. The third kappa shape index (κ3) is 5.34. The first-order valence-corrected chi connectivity index (χ1v) is 7.58. The van der Waals surface area contributed by atoms with E-state index in [0.717, 1.165) is 19.6 Å². The van der Waals surface area contributed by atoms with Gasteiger partial charge in [0, 0.05) is 44.5 Å². The van der Waals surface area contributed by atoms with Gasteiger partial charge in [0.25, 0.3) is 0 Å². The first-order valence-electron chi connectivity index (χ1n) is 7.58. The van der Waals surface area contributed by atoms with Crippen molar-refractivity contribution in [2.75, 3.05) is 46.4 Å². The number of ether oxygens (including phenoxy) is 1. The van der Waals surface area contributed by atoms with E-state index in [9.17, 15) is 14.7 Å². The maximum Gasteiger partial charge on any atom is 0.317 e. The van der Waals surface area contributed by atoms with Gasteiger partial charge in [-0.3, -0.25) is 19.4 Å². The number of carboxylic acid groups (broad SMARTS) is 1. The van der Waals surface area contributed by atoms with E-state index in [1.165, 1.54) is 12.3 Å². The Balaban J connectivity index is 2.07. The highest BCUT2D eigenvalue weighted by Crippen LogP contribution is 2.09. The second kappa shape index (κ2) is 8.09. The molecule has 0 amide bonds. The van der Waals surface area contributed by atoms with Gasteiger partial charge in [-0.25, -0.2) is 0 Å². The number of aromatic hydroxyl groups is 1. The number of hydrogen-bond acceptors (Lipinski definition) is 6. The van der Waals surface area contributed by atoms with E-state index in [0.29, 0.717) is 32.0 Å². The number of pyridine rings is 1. The maximum absolute atomic E-state index is 11.7. The van der Waals surface area contributed by atoms with Crippen molar-refractivity contribution in [3.05, 3.63) is 28.2 Å². The fourth-order valence-electron chi connectivity index (χ4n) is 2.58. The molecule has 1 saturated heterocycles. The summed E-state index contributed by atoms with van der Waals surface area (Å²) in [6.07, 6.45) is 1.42. The van der Waals surface area contributed by atoms with Crippen molar-refractivity contribution < 1.29 is 19.7 Å². The van der Waals surface area contributed by atoms with Crippen LogP contribution in [0.15, 0.2) is 17.1 Å². The van der Waals surface area contributed by atoms with Crippen LogP contribution in [0.3, 0.4) is 0 Å². The molecule has 1 aromatic heterocycles. The van der Waals surface area contributed by atoms with Crippen molar-refractivity contribution in [2.24, 2.45) is 0 Å². The van der Waals surface area contributed by atoms with E-state index in [2.05, 4.69) is 4.90 Å². The molecule has 128 valence electrons.